The van der Waals surface area contributed by atoms with Crippen molar-refractivity contribution in [2.24, 2.45) is 5.92 Å². The summed E-state index contributed by atoms with van der Waals surface area (Å²) in [6.07, 6.45) is 6.05. The molecule has 2 aliphatic carbocycles. The molecule has 1 amide bonds. The smallest absolute Gasteiger partial charge is 0.237 e. The maximum absolute atomic E-state index is 11.6. The fourth-order valence-electron chi connectivity index (χ4n) is 1.92. The Hall–Kier alpha value is -0.580. The van der Waals surface area contributed by atoms with E-state index in [1.165, 1.54) is 6.42 Å². The van der Waals surface area contributed by atoms with E-state index in [2.05, 4.69) is 4.72 Å². The van der Waals surface area contributed by atoms with Crippen LogP contribution in [0.25, 0.3) is 0 Å². The van der Waals surface area contributed by atoms with Crippen LogP contribution in [0.5, 0.6) is 0 Å². The van der Waals surface area contributed by atoms with E-state index in [4.69, 9.17) is 0 Å². The van der Waals surface area contributed by atoms with Crippen molar-refractivity contribution in [3.63, 3.8) is 0 Å². The lowest BCUT2D eigenvalue weighted by atomic mass is 9.83. The molecule has 0 aromatic carbocycles. The lowest BCUT2D eigenvalue weighted by Gasteiger charge is -2.27. The average Bonchev–Trinajstić information content (AvgIpc) is 1.90. The van der Waals surface area contributed by atoms with Crippen LogP contribution in [0.1, 0.15) is 44.9 Å². The van der Waals surface area contributed by atoms with Gasteiger partial charge in [-0.05, 0) is 31.6 Å². The van der Waals surface area contributed by atoms with Gasteiger partial charge >= 0.3 is 0 Å². The highest BCUT2D eigenvalue weighted by Crippen LogP contribution is 2.30. The Morgan fingerprint density at radius 3 is 2.13 bits per heavy atom. The topological polar surface area (TPSA) is 63.2 Å². The first-order valence-corrected chi connectivity index (χ1v) is 7.17. The van der Waals surface area contributed by atoms with Gasteiger partial charge in [-0.25, -0.2) is 8.42 Å². The SMILES string of the molecule is O=C(CC1CCC1)NS(=O)(=O)C1CCC1. The normalized spacial score (nSPS) is 22.9. The predicted molar refractivity (Wildman–Crippen MR) is 56.7 cm³/mol. The fourth-order valence-corrected chi connectivity index (χ4v) is 3.45. The van der Waals surface area contributed by atoms with Gasteiger partial charge in [-0.15, -0.1) is 0 Å². The predicted octanol–water partition coefficient (Wildman–Crippen LogP) is 1.18. The molecule has 0 spiro atoms. The molecule has 0 atom stereocenters. The van der Waals surface area contributed by atoms with Crippen LogP contribution in [0.15, 0.2) is 0 Å². The Kier molecular flexibility index (Phi) is 3.00. The van der Waals surface area contributed by atoms with Crippen molar-refractivity contribution in [3.8, 4) is 0 Å². The van der Waals surface area contributed by atoms with Crippen LogP contribution in [0.2, 0.25) is 0 Å². The lowest BCUT2D eigenvalue weighted by molar-refractivity contribution is -0.120. The second-order valence-corrected chi connectivity index (χ2v) is 6.59. The van der Waals surface area contributed by atoms with E-state index in [-0.39, 0.29) is 11.2 Å². The molecule has 0 aromatic heterocycles. The number of amides is 1. The third-order valence-corrected chi connectivity index (χ3v) is 5.31. The second-order valence-electron chi connectivity index (χ2n) is 4.62. The second kappa shape index (κ2) is 4.12. The van der Waals surface area contributed by atoms with Crippen LogP contribution in [-0.4, -0.2) is 19.6 Å². The number of rotatable bonds is 4. The van der Waals surface area contributed by atoms with E-state index in [1.807, 2.05) is 0 Å². The first-order valence-electron chi connectivity index (χ1n) is 5.62. The van der Waals surface area contributed by atoms with Crippen molar-refractivity contribution < 1.29 is 13.2 Å². The van der Waals surface area contributed by atoms with Gasteiger partial charge in [-0.3, -0.25) is 9.52 Å². The Bertz CT molecular complexity index is 342. The lowest BCUT2D eigenvalue weighted by Crippen LogP contribution is -2.42. The monoisotopic (exact) mass is 231 g/mol. The van der Waals surface area contributed by atoms with Crippen molar-refractivity contribution >= 4 is 15.9 Å². The molecule has 15 heavy (non-hydrogen) atoms. The fraction of sp³-hybridized carbons (Fsp3) is 0.900. The van der Waals surface area contributed by atoms with Gasteiger partial charge in [0, 0.05) is 6.42 Å². The minimum Gasteiger partial charge on any atom is -0.274 e. The van der Waals surface area contributed by atoms with Gasteiger partial charge in [0.15, 0.2) is 0 Å². The summed E-state index contributed by atoms with van der Waals surface area (Å²) in [7, 11) is -3.35. The molecule has 1 N–H and O–H groups in total. The van der Waals surface area contributed by atoms with Crippen molar-refractivity contribution in [2.45, 2.75) is 50.2 Å². The quantitative estimate of drug-likeness (QED) is 0.790. The van der Waals surface area contributed by atoms with E-state index in [1.54, 1.807) is 0 Å². The van der Waals surface area contributed by atoms with Crippen molar-refractivity contribution in [3.05, 3.63) is 0 Å². The van der Waals surface area contributed by atoms with E-state index < -0.39 is 10.0 Å². The molecule has 0 radical (unpaired) electrons. The first kappa shape index (κ1) is 10.9. The Morgan fingerprint density at radius 1 is 1.13 bits per heavy atom. The van der Waals surface area contributed by atoms with Crippen molar-refractivity contribution in [1.82, 2.24) is 4.72 Å². The minimum absolute atomic E-state index is 0.313. The molecule has 4 nitrogen and oxygen atoms in total. The summed E-state index contributed by atoms with van der Waals surface area (Å²) in [5.74, 6) is 0.105. The number of hydrogen-bond acceptors (Lipinski definition) is 3. The van der Waals surface area contributed by atoms with Gasteiger partial charge in [-0.2, -0.15) is 0 Å². The molecular formula is C10H17NO3S. The highest BCUT2D eigenvalue weighted by molar-refractivity contribution is 7.90. The average molecular weight is 231 g/mol. The van der Waals surface area contributed by atoms with Gasteiger partial charge in [0.2, 0.25) is 15.9 Å². The van der Waals surface area contributed by atoms with Gasteiger partial charge in [0.05, 0.1) is 5.25 Å². The van der Waals surface area contributed by atoms with Crippen molar-refractivity contribution in [1.29, 1.82) is 0 Å². The Balaban J connectivity index is 1.81. The van der Waals surface area contributed by atoms with Crippen LogP contribution in [-0.2, 0) is 14.8 Å². The largest absolute Gasteiger partial charge is 0.274 e. The molecule has 0 heterocycles. The highest BCUT2D eigenvalue weighted by Gasteiger charge is 2.33. The molecule has 0 aromatic rings. The summed E-state index contributed by atoms with van der Waals surface area (Å²) in [5, 5.41) is -0.317. The molecule has 86 valence electrons. The van der Waals surface area contributed by atoms with Gasteiger partial charge in [-0.1, -0.05) is 12.8 Å². The molecule has 2 saturated carbocycles. The zero-order valence-corrected chi connectivity index (χ0v) is 9.55. The van der Waals surface area contributed by atoms with Crippen molar-refractivity contribution in [2.75, 3.05) is 0 Å². The maximum Gasteiger partial charge on any atom is 0.237 e. The zero-order valence-electron chi connectivity index (χ0n) is 8.74. The van der Waals surface area contributed by atoms with Crippen LogP contribution in [0.4, 0.5) is 0 Å². The number of carbonyl (C=O) groups is 1. The molecule has 2 aliphatic rings. The third-order valence-electron chi connectivity index (χ3n) is 3.45. The number of hydrogen-bond donors (Lipinski definition) is 1. The summed E-state index contributed by atoms with van der Waals surface area (Å²) >= 11 is 0. The van der Waals surface area contributed by atoms with Crippen LogP contribution < -0.4 is 4.72 Å². The standard InChI is InChI=1S/C10H17NO3S/c12-10(7-8-3-1-4-8)11-15(13,14)9-5-2-6-9/h8-9H,1-7H2,(H,11,12). The molecule has 0 aliphatic heterocycles. The number of carbonyl (C=O) groups excluding carboxylic acids is 1. The summed E-state index contributed by atoms with van der Waals surface area (Å²) in [6.45, 7) is 0. The number of nitrogens with one attached hydrogen (secondary N) is 1. The van der Waals surface area contributed by atoms with Gasteiger partial charge in [0.25, 0.3) is 0 Å². The highest BCUT2D eigenvalue weighted by atomic mass is 32.2. The first-order chi connectivity index (χ1) is 7.08. The molecule has 0 saturated heterocycles. The van der Waals surface area contributed by atoms with Crippen LogP contribution in [0.3, 0.4) is 0 Å². The van der Waals surface area contributed by atoms with E-state index in [9.17, 15) is 13.2 Å². The van der Waals surface area contributed by atoms with E-state index in [0.717, 1.165) is 19.3 Å². The summed E-state index contributed by atoms with van der Waals surface area (Å²) in [5.41, 5.74) is 0. The minimum atomic E-state index is -3.35. The summed E-state index contributed by atoms with van der Waals surface area (Å²) in [4.78, 5) is 11.4. The molecule has 2 fully saturated rings. The van der Waals surface area contributed by atoms with E-state index in [0.29, 0.717) is 25.2 Å². The maximum atomic E-state index is 11.6. The molecule has 5 heteroatoms. The van der Waals surface area contributed by atoms with Gasteiger partial charge in [0.1, 0.15) is 0 Å². The van der Waals surface area contributed by atoms with Crippen LogP contribution in [0, 0.1) is 5.92 Å². The van der Waals surface area contributed by atoms with Gasteiger partial charge < -0.3 is 0 Å². The van der Waals surface area contributed by atoms with E-state index >= 15 is 0 Å². The molecule has 2 rings (SSSR count). The van der Waals surface area contributed by atoms with Crippen LogP contribution >= 0.6 is 0 Å². The molecule has 0 bridgehead atoms. The Morgan fingerprint density at radius 2 is 1.73 bits per heavy atom. The molecular weight excluding hydrogens is 214 g/mol. The Labute approximate surface area is 90.5 Å². The third kappa shape index (κ3) is 2.51. The zero-order chi connectivity index (χ0) is 10.9. The number of sulfonamides is 1. The summed E-state index contributed by atoms with van der Waals surface area (Å²) < 4.78 is 25.3. The summed E-state index contributed by atoms with van der Waals surface area (Å²) in [6, 6.07) is 0. The molecule has 0 unspecified atom stereocenters.